The van der Waals surface area contributed by atoms with E-state index in [0.29, 0.717) is 17.3 Å². The molecule has 0 aliphatic carbocycles. The lowest BCUT2D eigenvalue weighted by Crippen LogP contribution is -2.14. The van der Waals surface area contributed by atoms with E-state index in [4.69, 9.17) is 4.52 Å². The molecule has 0 radical (unpaired) electrons. The SMILES string of the molecule is Cc1nc(-c2ccc(-c3ccc(C(=O)Nc4ccc5[nH]cc(CCN(C)C)c5c4)cc3)c(C)c2)no1. The first-order chi connectivity index (χ1) is 17.4. The summed E-state index contributed by atoms with van der Waals surface area (Å²) in [7, 11) is 4.14. The van der Waals surface area contributed by atoms with Gasteiger partial charge in [0.25, 0.3) is 5.91 Å². The number of nitrogens with zero attached hydrogens (tertiary/aromatic N) is 3. The first-order valence-corrected chi connectivity index (χ1v) is 12.0. The number of amides is 1. The molecular formula is C29H29N5O2. The minimum absolute atomic E-state index is 0.133. The van der Waals surface area contributed by atoms with Crippen LogP contribution in [-0.4, -0.2) is 46.6 Å². The predicted octanol–water partition coefficient (Wildman–Crippen LogP) is 5.86. The summed E-state index contributed by atoms with van der Waals surface area (Å²) in [5.41, 5.74) is 7.85. The standard InChI is InChI=1S/C29H29N5O2/c1-18-15-22(28-31-19(2)36-33-28)9-11-25(18)20-5-7-21(8-6-20)29(35)32-24-10-12-27-26(16-24)23(17-30-27)13-14-34(3)4/h5-12,15-17,30H,13-14H2,1-4H3,(H,32,35). The third-order valence-corrected chi connectivity index (χ3v) is 6.32. The number of H-pyrrole nitrogens is 1. The van der Waals surface area contributed by atoms with Crippen molar-refractivity contribution in [3.8, 4) is 22.5 Å². The second kappa shape index (κ2) is 9.79. The molecule has 182 valence electrons. The molecule has 2 N–H and O–H groups in total. The Hall–Kier alpha value is -4.23. The van der Waals surface area contributed by atoms with Crippen molar-refractivity contribution in [3.63, 3.8) is 0 Å². The molecule has 0 aliphatic rings. The summed E-state index contributed by atoms with van der Waals surface area (Å²) in [6, 6.07) is 19.7. The van der Waals surface area contributed by atoms with E-state index in [1.165, 1.54) is 5.56 Å². The molecule has 0 fully saturated rings. The topological polar surface area (TPSA) is 87.0 Å². The fourth-order valence-corrected chi connectivity index (χ4v) is 4.35. The number of benzene rings is 3. The van der Waals surface area contributed by atoms with Crippen LogP contribution >= 0.6 is 0 Å². The molecule has 0 aliphatic heterocycles. The van der Waals surface area contributed by atoms with Crippen LogP contribution in [0.2, 0.25) is 0 Å². The first-order valence-electron chi connectivity index (χ1n) is 12.0. The number of aryl methyl sites for hydroxylation is 2. The summed E-state index contributed by atoms with van der Waals surface area (Å²) in [6.45, 7) is 4.79. The van der Waals surface area contributed by atoms with Crippen LogP contribution in [0.15, 0.2) is 71.4 Å². The van der Waals surface area contributed by atoms with Crippen molar-refractivity contribution in [2.45, 2.75) is 20.3 Å². The van der Waals surface area contributed by atoms with Crippen LogP contribution in [0.4, 0.5) is 5.69 Å². The molecular weight excluding hydrogens is 450 g/mol. The van der Waals surface area contributed by atoms with Crippen molar-refractivity contribution in [2.24, 2.45) is 0 Å². The van der Waals surface area contributed by atoms with Crippen LogP contribution in [0.3, 0.4) is 0 Å². The lowest BCUT2D eigenvalue weighted by atomic mass is 9.97. The van der Waals surface area contributed by atoms with E-state index in [0.717, 1.165) is 51.8 Å². The fourth-order valence-electron chi connectivity index (χ4n) is 4.35. The molecule has 3 aromatic carbocycles. The number of nitrogens with one attached hydrogen (secondary N) is 2. The highest BCUT2D eigenvalue weighted by Gasteiger charge is 2.12. The summed E-state index contributed by atoms with van der Waals surface area (Å²) in [6.07, 6.45) is 3.00. The molecule has 0 saturated carbocycles. The number of fused-ring (bicyclic) bond motifs is 1. The van der Waals surface area contributed by atoms with Crippen LogP contribution in [-0.2, 0) is 6.42 Å². The van der Waals surface area contributed by atoms with E-state index >= 15 is 0 Å². The van der Waals surface area contributed by atoms with E-state index in [1.54, 1.807) is 6.92 Å². The lowest BCUT2D eigenvalue weighted by molar-refractivity contribution is 0.102. The van der Waals surface area contributed by atoms with Gasteiger partial charge in [-0.15, -0.1) is 0 Å². The number of rotatable bonds is 7. The normalized spacial score (nSPS) is 11.4. The highest BCUT2D eigenvalue weighted by molar-refractivity contribution is 6.05. The number of carbonyl (C=O) groups is 1. The summed E-state index contributed by atoms with van der Waals surface area (Å²) >= 11 is 0. The van der Waals surface area contributed by atoms with Crippen LogP contribution < -0.4 is 5.32 Å². The molecule has 5 rings (SSSR count). The summed E-state index contributed by atoms with van der Waals surface area (Å²) < 4.78 is 5.09. The maximum atomic E-state index is 13.0. The van der Waals surface area contributed by atoms with Gasteiger partial charge in [0.1, 0.15) is 0 Å². The van der Waals surface area contributed by atoms with Crippen molar-refractivity contribution in [1.29, 1.82) is 0 Å². The van der Waals surface area contributed by atoms with Crippen molar-refractivity contribution in [3.05, 3.63) is 89.4 Å². The van der Waals surface area contributed by atoms with Crippen molar-refractivity contribution in [2.75, 3.05) is 26.0 Å². The zero-order valence-corrected chi connectivity index (χ0v) is 20.9. The van der Waals surface area contributed by atoms with E-state index in [2.05, 4.69) is 52.6 Å². The molecule has 7 nitrogen and oxygen atoms in total. The molecule has 0 bridgehead atoms. The van der Waals surface area contributed by atoms with Crippen molar-refractivity contribution < 1.29 is 9.32 Å². The average molecular weight is 480 g/mol. The Kier molecular flexibility index (Phi) is 6.40. The second-order valence-corrected chi connectivity index (χ2v) is 9.33. The second-order valence-electron chi connectivity index (χ2n) is 9.33. The van der Waals surface area contributed by atoms with E-state index in [1.807, 2.05) is 60.7 Å². The summed E-state index contributed by atoms with van der Waals surface area (Å²) in [4.78, 5) is 22.7. The Morgan fingerprint density at radius 3 is 2.47 bits per heavy atom. The Morgan fingerprint density at radius 2 is 1.78 bits per heavy atom. The molecule has 7 heteroatoms. The predicted molar refractivity (Wildman–Crippen MR) is 143 cm³/mol. The van der Waals surface area contributed by atoms with E-state index < -0.39 is 0 Å². The van der Waals surface area contributed by atoms with Gasteiger partial charge < -0.3 is 19.7 Å². The molecule has 2 heterocycles. The van der Waals surface area contributed by atoms with Gasteiger partial charge in [0.05, 0.1) is 0 Å². The van der Waals surface area contributed by atoms with Crippen molar-refractivity contribution >= 4 is 22.5 Å². The molecule has 5 aromatic rings. The number of hydrogen-bond acceptors (Lipinski definition) is 5. The van der Waals surface area contributed by atoms with Gasteiger partial charge >= 0.3 is 0 Å². The van der Waals surface area contributed by atoms with E-state index in [9.17, 15) is 4.79 Å². The third kappa shape index (κ3) is 4.92. The minimum Gasteiger partial charge on any atom is -0.361 e. The number of aromatic amines is 1. The Morgan fingerprint density at radius 1 is 1.00 bits per heavy atom. The molecule has 0 atom stereocenters. The van der Waals surface area contributed by atoms with Gasteiger partial charge in [-0.05, 0) is 86.1 Å². The van der Waals surface area contributed by atoms with Crippen LogP contribution in [0.5, 0.6) is 0 Å². The highest BCUT2D eigenvalue weighted by Crippen LogP contribution is 2.28. The average Bonchev–Trinajstić information content (AvgIpc) is 3.48. The zero-order valence-electron chi connectivity index (χ0n) is 20.9. The molecule has 0 unspecified atom stereocenters. The summed E-state index contributed by atoms with van der Waals surface area (Å²) in [5, 5.41) is 8.18. The van der Waals surface area contributed by atoms with Gasteiger partial charge in [0.2, 0.25) is 11.7 Å². The molecule has 2 aromatic heterocycles. The Bertz CT molecular complexity index is 1530. The molecule has 0 spiro atoms. The Balaban J connectivity index is 1.31. The van der Waals surface area contributed by atoms with Gasteiger partial charge in [-0.2, -0.15) is 4.98 Å². The smallest absolute Gasteiger partial charge is 0.255 e. The lowest BCUT2D eigenvalue weighted by Gasteiger charge is -2.10. The zero-order chi connectivity index (χ0) is 25.2. The number of anilines is 1. The first kappa shape index (κ1) is 23.5. The maximum Gasteiger partial charge on any atom is 0.255 e. The maximum absolute atomic E-state index is 13.0. The molecule has 1 amide bonds. The van der Waals surface area contributed by atoms with Crippen LogP contribution in [0.25, 0.3) is 33.4 Å². The number of aromatic nitrogens is 3. The van der Waals surface area contributed by atoms with Gasteiger partial charge in [0, 0.05) is 47.4 Å². The highest BCUT2D eigenvalue weighted by atomic mass is 16.5. The molecule has 0 saturated heterocycles. The third-order valence-electron chi connectivity index (χ3n) is 6.32. The van der Waals surface area contributed by atoms with Crippen LogP contribution in [0.1, 0.15) is 27.4 Å². The molecule has 36 heavy (non-hydrogen) atoms. The number of carbonyl (C=O) groups excluding carboxylic acids is 1. The number of likely N-dealkylation sites (N-methyl/N-ethyl adjacent to an activating group) is 1. The van der Waals surface area contributed by atoms with E-state index in [-0.39, 0.29) is 5.91 Å². The fraction of sp³-hybridized carbons (Fsp3) is 0.207. The van der Waals surface area contributed by atoms with Gasteiger partial charge in [0.15, 0.2) is 0 Å². The minimum atomic E-state index is -0.133. The van der Waals surface area contributed by atoms with Crippen LogP contribution in [0, 0.1) is 13.8 Å². The quantitative estimate of drug-likeness (QED) is 0.305. The van der Waals surface area contributed by atoms with Crippen molar-refractivity contribution in [1.82, 2.24) is 20.0 Å². The van der Waals surface area contributed by atoms with Gasteiger partial charge in [-0.3, -0.25) is 4.79 Å². The summed E-state index contributed by atoms with van der Waals surface area (Å²) in [5.74, 6) is 0.987. The number of hydrogen-bond donors (Lipinski definition) is 2. The Labute approximate surface area is 210 Å². The monoisotopic (exact) mass is 479 g/mol. The van der Waals surface area contributed by atoms with Gasteiger partial charge in [-0.25, -0.2) is 0 Å². The largest absolute Gasteiger partial charge is 0.361 e. The van der Waals surface area contributed by atoms with Gasteiger partial charge in [-0.1, -0.05) is 29.4 Å².